The third-order valence-electron chi connectivity index (χ3n) is 1.72. The summed E-state index contributed by atoms with van der Waals surface area (Å²) in [5.41, 5.74) is 0.566. The van der Waals surface area contributed by atoms with Gasteiger partial charge in [0.1, 0.15) is 17.8 Å². The SMILES string of the molecule is CCOc1cc(C=O)cc(OC(C)C)c1. The predicted molar refractivity (Wildman–Crippen MR) is 58.8 cm³/mol. The van der Waals surface area contributed by atoms with Crippen LogP contribution in [0.4, 0.5) is 0 Å². The van der Waals surface area contributed by atoms with E-state index in [1.807, 2.05) is 20.8 Å². The van der Waals surface area contributed by atoms with Gasteiger partial charge in [0.05, 0.1) is 12.7 Å². The highest BCUT2D eigenvalue weighted by atomic mass is 16.5. The molecule has 1 rings (SSSR count). The Bertz CT molecular complexity index is 332. The lowest BCUT2D eigenvalue weighted by molar-refractivity contribution is 0.112. The topological polar surface area (TPSA) is 35.5 Å². The van der Waals surface area contributed by atoms with Gasteiger partial charge in [-0.05, 0) is 32.9 Å². The molecule has 0 unspecified atom stereocenters. The van der Waals surface area contributed by atoms with Crippen LogP contribution in [0.1, 0.15) is 31.1 Å². The minimum absolute atomic E-state index is 0.0846. The number of ether oxygens (including phenoxy) is 2. The highest BCUT2D eigenvalue weighted by molar-refractivity contribution is 5.76. The Morgan fingerprint density at radius 2 is 1.93 bits per heavy atom. The van der Waals surface area contributed by atoms with E-state index in [0.29, 0.717) is 23.7 Å². The monoisotopic (exact) mass is 208 g/mol. The largest absolute Gasteiger partial charge is 0.494 e. The third-order valence-corrected chi connectivity index (χ3v) is 1.72. The van der Waals surface area contributed by atoms with Crippen LogP contribution in [0.2, 0.25) is 0 Å². The molecule has 82 valence electrons. The van der Waals surface area contributed by atoms with Gasteiger partial charge in [0.2, 0.25) is 0 Å². The minimum atomic E-state index is 0.0846. The van der Waals surface area contributed by atoms with E-state index in [9.17, 15) is 4.79 Å². The van der Waals surface area contributed by atoms with Crippen molar-refractivity contribution >= 4 is 6.29 Å². The average Bonchev–Trinajstić information content (AvgIpc) is 2.16. The zero-order valence-corrected chi connectivity index (χ0v) is 9.32. The number of aldehydes is 1. The van der Waals surface area contributed by atoms with Crippen molar-refractivity contribution in [2.75, 3.05) is 6.61 Å². The van der Waals surface area contributed by atoms with Crippen molar-refractivity contribution in [3.8, 4) is 11.5 Å². The molecule has 1 aromatic rings. The number of hydrogen-bond acceptors (Lipinski definition) is 3. The highest BCUT2D eigenvalue weighted by Gasteiger charge is 2.03. The Kier molecular flexibility index (Phi) is 4.16. The molecule has 1 aromatic carbocycles. The van der Waals surface area contributed by atoms with Gasteiger partial charge in [-0.25, -0.2) is 0 Å². The molecule has 0 spiro atoms. The minimum Gasteiger partial charge on any atom is -0.494 e. The summed E-state index contributed by atoms with van der Waals surface area (Å²) in [6.45, 7) is 6.35. The van der Waals surface area contributed by atoms with E-state index in [1.165, 1.54) is 0 Å². The van der Waals surface area contributed by atoms with E-state index in [-0.39, 0.29) is 6.10 Å². The van der Waals surface area contributed by atoms with Crippen LogP contribution < -0.4 is 9.47 Å². The summed E-state index contributed by atoms with van der Waals surface area (Å²) in [6, 6.07) is 5.19. The van der Waals surface area contributed by atoms with Gasteiger partial charge in [-0.2, -0.15) is 0 Å². The highest BCUT2D eigenvalue weighted by Crippen LogP contribution is 2.23. The van der Waals surface area contributed by atoms with Crippen LogP contribution in [-0.4, -0.2) is 19.0 Å². The Labute approximate surface area is 90.0 Å². The maximum atomic E-state index is 10.7. The first-order valence-corrected chi connectivity index (χ1v) is 5.05. The smallest absolute Gasteiger partial charge is 0.150 e. The number of carbonyl (C=O) groups is 1. The maximum absolute atomic E-state index is 10.7. The Balaban J connectivity index is 2.94. The number of benzene rings is 1. The fourth-order valence-electron chi connectivity index (χ4n) is 1.25. The van der Waals surface area contributed by atoms with Gasteiger partial charge in [0.15, 0.2) is 0 Å². The summed E-state index contributed by atoms with van der Waals surface area (Å²) in [5.74, 6) is 1.33. The molecule has 0 aliphatic rings. The van der Waals surface area contributed by atoms with Crippen LogP contribution in [0, 0.1) is 0 Å². The van der Waals surface area contributed by atoms with Crippen molar-refractivity contribution in [1.82, 2.24) is 0 Å². The van der Waals surface area contributed by atoms with Crippen LogP contribution >= 0.6 is 0 Å². The van der Waals surface area contributed by atoms with Crippen molar-refractivity contribution in [2.24, 2.45) is 0 Å². The van der Waals surface area contributed by atoms with Crippen molar-refractivity contribution in [1.29, 1.82) is 0 Å². The summed E-state index contributed by atoms with van der Waals surface area (Å²) < 4.78 is 10.8. The van der Waals surface area contributed by atoms with E-state index in [4.69, 9.17) is 9.47 Å². The zero-order chi connectivity index (χ0) is 11.3. The van der Waals surface area contributed by atoms with E-state index >= 15 is 0 Å². The predicted octanol–water partition coefficient (Wildman–Crippen LogP) is 2.69. The lowest BCUT2D eigenvalue weighted by Gasteiger charge is -2.12. The molecule has 0 bridgehead atoms. The molecular formula is C12H16O3. The molecule has 0 heterocycles. The van der Waals surface area contributed by atoms with Crippen LogP contribution in [0.3, 0.4) is 0 Å². The second kappa shape index (κ2) is 5.39. The van der Waals surface area contributed by atoms with Crippen LogP contribution in [-0.2, 0) is 0 Å². The van der Waals surface area contributed by atoms with Gasteiger partial charge in [0.25, 0.3) is 0 Å². The van der Waals surface area contributed by atoms with Crippen molar-refractivity contribution < 1.29 is 14.3 Å². The van der Waals surface area contributed by atoms with Crippen molar-refractivity contribution in [2.45, 2.75) is 26.9 Å². The van der Waals surface area contributed by atoms with Gasteiger partial charge in [-0.3, -0.25) is 4.79 Å². The normalized spacial score (nSPS) is 10.1. The van der Waals surface area contributed by atoms with Crippen molar-refractivity contribution in [3.63, 3.8) is 0 Å². The standard InChI is InChI=1S/C12H16O3/c1-4-14-11-5-10(8-13)6-12(7-11)15-9(2)3/h5-9H,4H2,1-3H3. The lowest BCUT2D eigenvalue weighted by atomic mass is 10.2. The molecule has 0 radical (unpaired) electrons. The number of hydrogen-bond donors (Lipinski definition) is 0. The first kappa shape index (κ1) is 11.6. The molecule has 0 fully saturated rings. The zero-order valence-electron chi connectivity index (χ0n) is 9.32. The van der Waals surface area contributed by atoms with Gasteiger partial charge in [-0.15, -0.1) is 0 Å². The summed E-state index contributed by atoms with van der Waals surface area (Å²) in [7, 11) is 0. The molecule has 3 nitrogen and oxygen atoms in total. The molecule has 0 N–H and O–H groups in total. The molecule has 3 heteroatoms. The molecular weight excluding hydrogens is 192 g/mol. The second-order valence-electron chi connectivity index (χ2n) is 3.46. The lowest BCUT2D eigenvalue weighted by Crippen LogP contribution is -2.06. The fraction of sp³-hybridized carbons (Fsp3) is 0.417. The Morgan fingerprint density at radius 1 is 1.27 bits per heavy atom. The molecule has 0 atom stereocenters. The van der Waals surface area contributed by atoms with Crippen LogP contribution in [0.25, 0.3) is 0 Å². The second-order valence-corrected chi connectivity index (χ2v) is 3.46. The van der Waals surface area contributed by atoms with E-state index < -0.39 is 0 Å². The quantitative estimate of drug-likeness (QED) is 0.698. The van der Waals surface area contributed by atoms with E-state index in [2.05, 4.69) is 0 Å². The molecule has 0 aliphatic heterocycles. The molecule has 0 aliphatic carbocycles. The molecule has 0 saturated heterocycles. The first-order chi connectivity index (χ1) is 7.15. The van der Waals surface area contributed by atoms with E-state index in [0.717, 1.165) is 6.29 Å². The summed E-state index contributed by atoms with van der Waals surface area (Å²) in [4.78, 5) is 10.7. The van der Waals surface area contributed by atoms with Crippen LogP contribution in [0.5, 0.6) is 11.5 Å². The molecule has 0 amide bonds. The van der Waals surface area contributed by atoms with E-state index in [1.54, 1.807) is 18.2 Å². The van der Waals surface area contributed by atoms with Crippen LogP contribution in [0.15, 0.2) is 18.2 Å². The molecule has 0 aromatic heterocycles. The summed E-state index contributed by atoms with van der Waals surface area (Å²) in [6.07, 6.45) is 0.872. The van der Waals surface area contributed by atoms with Gasteiger partial charge in [0, 0.05) is 11.6 Å². The fourth-order valence-corrected chi connectivity index (χ4v) is 1.25. The molecule has 15 heavy (non-hydrogen) atoms. The van der Waals surface area contributed by atoms with Crippen molar-refractivity contribution in [3.05, 3.63) is 23.8 Å². The van der Waals surface area contributed by atoms with Gasteiger partial charge in [-0.1, -0.05) is 0 Å². The maximum Gasteiger partial charge on any atom is 0.150 e. The Morgan fingerprint density at radius 3 is 2.47 bits per heavy atom. The first-order valence-electron chi connectivity index (χ1n) is 5.05. The van der Waals surface area contributed by atoms with Gasteiger partial charge >= 0.3 is 0 Å². The Hall–Kier alpha value is -1.51. The summed E-state index contributed by atoms with van der Waals surface area (Å²) >= 11 is 0. The average molecular weight is 208 g/mol. The molecule has 0 saturated carbocycles. The third kappa shape index (κ3) is 3.62. The number of carbonyl (C=O) groups excluding carboxylic acids is 1. The summed E-state index contributed by atoms with van der Waals surface area (Å²) in [5, 5.41) is 0. The van der Waals surface area contributed by atoms with Gasteiger partial charge < -0.3 is 9.47 Å². The number of rotatable bonds is 5.